The van der Waals surface area contributed by atoms with Crippen LogP contribution in [0.25, 0.3) is 0 Å². The predicted octanol–water partition coefficient (Wildman–Crippen LogP) is 5.01. The Hall–Kier alpha value is -3.03. The van der Waals surface area contributed by atoms with Gasteiger partial charge in [-0.3, -0.25) is 9.78 Å². The van der Waals surface area contributed by atoms with Gasteiger partial charge in [0.2, 0.25) is 5.91 Å². The lowest BCUT2D eigenvalue weighted by Crippen LogP contribution is -2.45. The van der Waals surface area contributed by atoms with Crippen LogP contribution in [0, 0.1) is 17.6 Å². The molecular weight excluding hydrogens is 460 g/mol. The molecule has 0 bridgehead atoms. The summed E-state index contributed by atoms with van der Waals surface area (Å²) in [4.78, 5) is 20.0. The number of nitrogens with zero attached hydrogens (tertiary/aromatic N) is 2. The van der Waals surface area contributed by atoms with E-state index in [1.165, 1.54) is 0 Å². The minimum absolute atomic E-state index is 0.00595. The summed E-state index contributed by atoms with van der Waals surface area (Å²) >= 11 is 6.12. The summed E-state index contributed by atoms with van der Waals surface area (Å²) in [5.74, 6) is -1.60. The van der Waals surface area contributed by atoms with Crippen LogP contribution in [0.3, 0.4) is 0 Å². The number of nitrogens with one attached hydrogen (secondary N) is 1. The Morgan fingerprint density at radius 2 is 1.88 bits per heavy atom. The minimum atomic E-state index is -0.656. The van der Waals surface area contributed by atoms with E-state index in [1.54, 1.807) is 23.2 Å². The zero-order valence-electron chi connectivity index (χ0n) is 18.6. The maximum absolute atomic E-state index is 14.1. The van der Waals surface area contributed by atoms with Crippen molar-refractivity contribution >= 4 is 17.5 Å². The summed E-state index contributed by atoms with van der Waals surface area (Å²) in [7, 11) is 0. The molecule has 1 fully saturated rings. The van der Waals surface area contributed by atoms with Crippen LogP contribution in [0.5, 0.6) is 5.75 Å². The molecule has 2 heterocycles. The largest absolute Gasteiger partial charge is 0.489 e. The third-order valence-electron chi connectivity index (χ3n) is 5.92. The maximum Gasteiger partial charge on any atom is 0.226 e. The van der Waals surface area contributed by atoms with Crippen molar-refractivity contribution in [2.45, 2.75) is 18.9 Å². The molecule has 1 atom stereocenters. The molecule has 178 valence electrons. The summed E-state index contributed by atoms with van der Waals surface area (Å²) in [6.07, 6.45) is 3.14. The molecular formula is C26H26ClF2N3O2. The Morgan fingerprint density at radius 1 is 1.12 bits per heavy atom. The number of piperidine rings is 1. The molecule has 3 aromatic rings. The zero-order valence-corrected chi connectivity index (χ0v) is 19.3. The van der Waals surface area contributed by atoms with Crippen LogP contribution in [-0.4, -0.2) is 42.0 Å². The number of ether oxygens (including phenoxy) is 1. The maximum atomic E-state index is 14.1. The average Bonchev–Trinajstić information content (AvgIpc) is 2.87. The van der Waals surface area contributed by atoms with Gasteiger partial charge in [-0.15, -0.1) is 0 Å². The van der Waals surface area contributed by atoms with Crippen molar-refractivity contribution in [1.29, 1.82) is 0 Å². The average molecular weight is 486 g/mol. The van der Waals surface area contributed by atoms with Gasteiger partial charge in [0, 0.05) is 23.2 Å². The molecule has 0 saturated carbocycles. The molecule has 8 heteroatoms. The lowest BCUT2D eigenvalue weighted by atomic mass is 9.93. The monoisotopic (exact) mass is 485 g/mol. The van der Waals surface area contributed by atoms with Gasteiger partial charge in [0.25, 0.3) is 0 Å². The summed E-state index contributed by atoms with van der Waals surface area (Å²) < 4.78 is 33.2. The first kappa shape index (κ1) is 24.1. The summed E-state index contributed by atoms with van der Waals surface area (Å²) in [5, 5.41) is 3.87. The van der Waals surface area contributed by atoms with Crippen molar-refractivity contribution in [2.75, 3.05) is 26.2 Å². The molecule has 1 aromatic heterocycles. The van der Waals surface area contributed by atoms with Crippen LogP contribution in [0.1, 0.15) is 30.1 Å². The number of halogens is 3. The number of pyridine rings is 1. The van der Waals surface area contributed by atoms with Crippen LogP contribution < -0.4 is 10.1 Å². The molecule has 0 aliphatic carbocycles. The van der Waals surface area contributed by atoms with Gasteiger partial charge in [0.05, 0.1) is 18.3 Å². The van der Waals surface area contributed by atoms with Gasteiger partial charge >= 0.3 is 0 Å². The van der Waals surface area contributed by atoms with Crippen LogP contribution in [-0.2, 0) is 4.79 Å². The highest BCUT2D eigenvalue weighted by Crippen LogP contribution is 2.31. The third kappa shape index (κ3) is 5.90. The van der Waals surface area contributed by atoms with E-state index in [0.717, 1.165) is 49.7 Å². The van der Waals surface area contributed by atoms with E-state index in [-0.39, 0.29) is 30.7 Å². The van der Waals surface area contributed by atoms with E-state index in [2.05, 4.69) is 10.3 Å². The highest BCUT2D eigenvalue weighted by atomic mass is 35.5. The summed E-state index contributed by atoms with van der Waals surface area (Å²) in [6, 6.07) is 15.4. The van der Waals surface area contributed by atoms with Crippen LogP contribution in [0.2, 0.25) is 5.02 Å². The highest BCUT2D eigenvalue weighted by Gasteiger charge is 2.33. The van der Waals surface area contributed by atoms with Crippen LogP contribution in [0.4, 0.5) is 8.78 Å². The first-order valence-corrected chi connectivity index (χ1v) is 11.7. The zero-order chi connectivity index (χ0) is 23.9. The topological polar surface area (TPSA) is 54.5 Å². The van der Waals surface area contributed by atoms with E-state index in [9.17, 15) is 13.6 Å². The fraction of sp³-hybridized carbons (Fsp3) is 0.308. The molecule has 1 aliphatic rings. The molecule has 5 nitrogen and oxygen atoms in total. The van der Waals surface area contributed by atoms with E-state index in [0.29, 0.717) is 10.7 Å². The highest BCUT2D eigenvalue weighted by molar-refractivity contribution is 6.30. The lowest BCUT2D eigenvalue weighted by molar-refractivity contribution is -0.138. The Bertz CT molecular complexity index is 1090. The van der Waals surface area contributed by atoms with Gasteiger partial charge in [-0.25, -0.2) is 8.78 Å². The minimum Gasteiger partial charge on any atom is -0.489 e. The van der Waals surface area contributed by atoms with Gasteiger partial charge in [-0.2, -0.15) is 0 Å². The number of hydrogen-bond donors (Lipinski definition) is 1. The molecule has 0 radical (unpaired) electrons. The van der Waals surface area contributed by atoms with E-state index >= 15 is 0 Å². The van der Waals surface area contributed by atoms with Gasteiger partial charge in [-0.05, 0) is 67.9 Å². The van der Waals surface area contributed by atoms with Gasteiger partial charge < -0.3 is 15.0 Å². The molecule has 34 heavy (non-hydrogen) atoms. The Balaban J connectivity index is 1.65. The van der Waals surface area contributed by atoms with Crippen LogP contribution in [0.15, 0.2) is 66.9 Å². The third-order valence-corrected chi connectivity index (χ3v) is 6.17. The Labute approximate surface area is 202 Å². The first-order chi connectivity index (χ1) is 16.5. The fourth-order valence-electron chi connectivity index (χ4n) is 4.20. The molecule has 1 amide bonds. The number of aromatic nitrogens is 1. The number of carbonyl (C=O) groups is 1. The summed E-state index contributed by atoms with van der Waals surface area (Å²) in [5.41, 5.74) is 1.55. The van der Waals surface area contributed by atoms with Gasteiger partial charge in [0.1, 0.15) is 12.4 Å². The van der Waals surface area contributed by atoms with E-state index in [4.69, 9.17) is 16.3 Å². The molecule has 0 spiro atoms. The van der Waals surface area contributed by atoms with Crippen molar-refractivity contribution in [3.63, 3.8) is 0 Å². The molecule has 4 rings (SSSR count). The Kier molecular flexibility index (Phi) is 8.08. The normalized spacial score (nSPS) is 15.0. The number of amides is 1. The molecule has 2 aromatic carbocycles. The fourth-order valence-corrected chi connectivity index (χ4v) is 4.33. The lowest BCUT2D eigenvalue weighted by Gasteiger charge is -2.35. The Morgan fingerprint density at radius 3 is 2.59 bits per heavy atom. The second-order valence-electron chi connectivity index (χ2n) is 8.19. The second-order valence-corrected chi connectivity index (χ2v) is 8.62. The van der Waals surface area contributed by atoms with Crippen molar-refractivity contribution in [3.8, 4) is 5.75 Å². The van der Waals surface area contributed by atoms with Crippen molar-refractivity contribution < 1.29 is 18.3 Å². The number of carbonyl (C=O) groups excluding carboxylic acids is 1. The van der Waals surface area contributed by atoms with Crippen LogP contribution >= 0.6 is 11.6 Å². The van der Waals surface area contributed by atoms with E-state index < -0.39 is 17.7 Å². The smallest absolute Gasteiger partial charge is 0.226 e. The number of hydrogen-bond acceptors (Lipinski definition) is 4. The van der Waals surface area contributed by atoms with Crippen molar-refractivity contribution in [3.05, 3.63) is 94.8 Å². The quantitative estimate of drug-likeness (QED) is 0.487. The number of benzene rings is 2. The predicted molar refractivity (Wildman–Crippen MR) is 127 cm³/mol. The molecule has 1 N–H and O–H groups in total. The standard InChI is InChI=1S/C26H26ClF2N3O2/c27-20-6-4-18(5-7-20)25(23-3-1-2-12-31-23)32(26(33)19-10-13-30-14-11-19)15-16-34-24-17-21(28)8-9-22(24)29/h1-9,12,17,19,25,30H,10-11,13-16H2/t25-/m0/s1. The molecule has 1 aliphatic heterocycles. The second kappa shape index (κ2) is 11.4. The summed E-state index contributed by atoms with van der Waals surface area (Å²) in [6.45, 7) is 1.70. The van der Waals surface area contributed by atoms with Crippen molar-refractivity contribution in [2.24, 2.45) is 5.92 Å². The van der Waals surface area contributed by atoms with E-state index in [1.807, 2.05) is 30.3 Å². The van der Waals surface area contributed by atoms with Crippen molar-refractivity contribution in [1.82, 2.24) is 15.2 Å². The number of rotatable bonds is 8. The first-order valence-electron chi connectivity index (χ1n) is 11.3. The molecule has 0 unspecified atom stereocenters. The van der Waals surface area contributed by atoms with Gasteiger partial charge in [-0.1, -0.05) is 29.8 Å². The van der Waals surface area contributed by atoms with Gasteiger partial charge in [0.15, 0.2) is 11.6 Å². The SMILES string of the molecule is O=C(C1CCNCC1)N(CCOc1cc(F)ccc1F)[C@@H](c1ccc(Cl)cc1)c1ccccn1. The molecule has 1 saturated heterocycles.